The Balaban J connectivity index is 1.56. The fourth-order valence-corrected chi connectivity index (χ4v) is 4.04. The fraction of sp³-hybridized carbons (Fsp3) is 0.130. The number of benzene rings is 3. The van der Waals surface area contributed by atoms with Crippen molar-refractivity contribution in [1.29, 1.82) is 0 Å². The van der Waals surface area contributed by atoms with Crippen LogP contribution in [-0.4, -0.2) is 21.9 Å². The van der Waals surface area contributed by atoms with Gasteiger partial charge in [0.25, 0.3) is 0 Å². The molecule has 3 aromatic carbocycles. The highest BCUT2D eigenvalue weighted by molar-refractivity contribution is 7.98. The minimum atomic E-state index is 0.545. The lowest BCUT2D eigenvalue weighted by Gasteiger charge is -2.12. The fourth-order valence-electron chi connectivity index (χ4n) is 3.00. The van der Waals surface area contributed by atoms with Gasteiger partial charge in [-0.1, -0.05) is 53.7 Å². The Morgan fingerprint density at radius 1 is 0.967 bits per heavy atom. The van der Waals surface area contributed by atoms with E-state index in [-0.39, 0.29) is 0 Å². The second-order valence-corrected chi connectivity index (χ2v) is 7.95. The van der Waals surface area contributed by atoms with Gasteiger partial charge in [-0.15, -0.1) is 10.2 Å². The molecule has 1 aromatic heterocycles. The van der Waals surface area contributed by atoms with E-state index in [1.54, 1.807) is 18.9 Å². The van der Waals surface area contributed by atoms with E-state index in [0.29, 0.717) is 11.6 Å². The van der Waals surface area contributed by atoms with Gasteiger partial charge < -0.3 is 10.1 Å². The van der Waals surface area contributed by atoms with Crippen LogP contribution in [0.5, 0.6) is 5.75 Å². The number of hydrogen-bond acceptors (Lipinski definition) is 5. The van der Waals surface area contributed by atoms with Crippen LogP contribution < -0.4 is 10.1 Å². The zero-order valence-corrected chi connectivity index (χ0v) is 18.0. The normalized spacial score (nSPS) is 10.7. The number of aromatic nitrogens is 3. The van der Waals surface area contributed by atoms with Crippen molar-refractivity contribution in [1.82, 2.24) is 14.8 Å². The molecule has 0 fully saturated rings. The second kappa shape index (κ2) is 9.69. The molecule has 152 valence electrons. The quantitative estimate of drug-likeness (QED) is 0.352. The van der Waals surface area contributed by atoms with Gasteiger partial charge in [-0.25, -0.2) is 0 Å². The van der Waals surface area contributed by atoms with Gasteiger partial charge in [-0.05, 0) is 54.1 Å². The SMILES string of the molecule is COc1cccc(CSc2nnc(CNc3ccc(Cl)cc3)n2-c2ccccc2)c1. The maximum atomic E-state index is 5.98. The van der Waals surface area contributed by atoms with Crippen LogP contribution in [0, 0.1) is 0 Å². The molecule has 0 aliphatic rings. The molecule has 0 saturated heterocycles. The van der Waals surface area contributed by atoms with Crippen molar-refractivity contribution < 1.29 is 4.74 Å². The number of nitrogens with zero attached hydrogens (tertiary/aromatic N) is 3. The summed E-state index contributed by atoms with van der Waals surface area (Å²) >= 11 is 7.62. The summed E-state index contributed by atoms with van der Waals surface area (Å²) in [6, 6.07) is 25.8. The number of hydrogen-bond donors (Lipinski definition) is 1. The predicted octanol–water partition coefficient (Wildman–Crippen LogP) is 5.83. The molecule has 0 atom stereocenters. The molecule has 30 heavy (non-hydrogen) atoms. The van der Waals surface area contributed by atoms with E-state index in [1.807, 2.05) is 60.7 Å². The van der Waals surface area contributed by atoms with Crippen LogP contribution in [0.3, 0.4) is 0 Å². The smallest absolute Gasteiger partial charge is 0.196 e. The first-order chi connectivity index (χ1) is 14.7. The Morgan fingerprint density at radius 2 is 1.77 bits per heavy atom. The molecule has 0 unspecified atom stereocenters. The van der Waals surface area contributed by atoms with E-state index in [0.717, 1.165) is 33.9 Å². The van der Waals surface area contributed by atoms with Gasteiger partial charge in [0.2, 0.25) is 0 Å². The first-order valence-corrected chi connectivity index (χ1v) is 10.8. The van der Waals surface area contributed by atoms with E-state index < -0.39 is 0 Å². The van der Waals surface area contributed by atoms with Gasteiger partial charge in [0.05, 0.1) is 13.7 Å². The summed E-state index contributed by atoms with van der Waals surface area (Å²) in [5, 5.41) is 13.9. The summed E-state index contributed by atoms with van der Waals surface area (Å²) in [6.07, 6.45) is 0. The van der Waals surface area contributed by atoms with Gasteiger partial charge in [0.15, 0.2) is 11.0 Å². The second-order valence-electron chi connectivity index (χ2n) is 6.57. The highest BCUT2D eigenvalue weighted by Crippen LogP contribution is 2.27. The Bertz CT molecular complexity index is 1100. The van der Waals surface area contributed by atoms with Gasteiger partial charge in [-0.2, -0.15) is 0 Å². The van der Waals surface area contributed by atoms with Crippen LogP contribution in [0.4, 0.5) is 5.69 Å². The Kier molecular flexibility index (Phi) is 6.57. The van der Waals surface area contributed by atoms with E-state index in [1.165, 1.54) is 5.56 Å². The topological polar surface area (TPSA) is 52.0 Å². The van der Waals surface area contributed by atoms with Gasteiger partial charge >= 0.3 is 0 Å². The Labute approximate surface area is 185 Å². The molecule has 7 heteroatoms. The summed E-state index contributed by atoms with van der Waals surface area (Å²) in [5.41, 5.74) is 3.18. The third-order valence-corrected chi connectivity index (χ3v) is 5.76. The van der Waals surface area contributed by atoms with E-state index in [4.69, 9.17) is 16.3 Å². The third kappa shape index (κ3) is 4.96. The van der Waals surface area contributed by atoms with Crippen molar-refractivity contribution in [2.24, 2.45) is 0 Å². The largest absolute Gasteiger partial charge is 0.497 e. The maximum absolute atomic E-state index is 5.98. The van der Waals surface area contributed by atoms with Crippen molar-refractivity contribution in [2.45, 2.75) is 17.5 Å². The molecule has 0 aliphatic carbocycles. The standard InChI is InChI=1S/C23H21ClN4OS/c1-29-21-9-5-6-17(14-21)16-30-23-27-26-22(28(23)20-7-3-2-4-8-20)15-25-19-12-10-18(24)11-13-19/h2-14,25H,15-16H2,1H3. The molecule has 4 rings (SSSR count). The number of para-hydroxylation sites is 1. The number of nitrogens with one attached hydrogen (secondary N) is 1. The summed E-state index contributed by atoms with van der Waals surface area (Å²) in [5.74, 6) is 2.46. The van der Waals surface area contributed by atoms with Crippen LogP contribution in [0.1, 0.15) is 11.4 Å². The Morgan fingerprint density at radius 3 is 2.53 bits per heavy atom. The highest BCUT2D eigenvalue weighted by atomic mass is 35.5. The van der Waals surface area contributed by atoms with Gasteiger partial charge in [-0.3, -0.25) is 4.57 Å². The van der Waals surface area contributed by atoms with Crippen LogP contribution in [0.25, 0.3) is 5.69 Å². The molecule has 0 aliphatic heterocycles. The lowest BCUT2D eigenvalue weighted by molar-refractivity contribution is 0.414. The first kappa shape index (κ1) is 20.3. The molecule has 0 bridgehead atoms. The molecule has 1 heterocycles. The lowest BCUT2D eigenvalue weighted by Crippen LogP contribution is -2.08. The van der Waals surface area contributed by atoms with Crippen LogP contribution in [0.2, 0.25) is 5.02 Å². The number of thioether (sulfide) groups is 1. The van der Waals surface area contributed by atoms with Gasteiger partial charge in [0, 0.05) is 22.2 Å². The van der Waals surface area contributed by atoms with E-state index in [9.17, 15) is 0 Å². The van der Waals surface area contributed by atoms with Crippen molar-refractivity contribution in [3.05, 3.63) is 95.3 Å². The molecule has 5 nitrogen and oxygen atoms in total. The summed E-state index contributed by atoms with van der Waals surface area (Å²) in [4.78, 5) is 0. The van der Waals surface area contributed by atoms with Crippen LogP contribution >= 0.6 is 23.4 Å². The molecule has 4 aromatic rings. The molecule has 1 N–H and O–H groups in total. The maximum Gasteiger partial charge on any atom is 0.196 e. The monoisotopic (exact) mass is 436 g/mol. The average Bonchev–Trinajstić information content (AvgIpc) is 3.21. The van der Waals surface area contributed by atoms with E-state index >= 15 is 0 Å². The van der Waals surface area contributed by atoms with Crippen molar-refractivity contribution in [3.63, 3.8) is 0 Å². The highest BCUT2D eigenvalue weighted by Gasteiger charge is 2.14. The molecule has 0 amide bonds. The molecular formula is C23H21ClN4OS. The number of halogens is 1. The van der Waals surface area contributed by atoms with Gasteiger partial charge in [0.1, 0.15) is 5.75 Å². The number of ether oxygens (including phenoxy) is 1. The number of rotatable bonds is 8. The molecule has 0 saturated carbocycles. The summed E-state index contributed by atoms with van der Waals surface area (Å²) < 4.78 is 7.42. The van der Waals surface area contributed by atoms with Crippen molar-refractivity contribution in [2.75, 3.05) is 12.4 Å². The zero-order chi connectivity index (χ0) is 20.8. The summed E-state index contributed by atoms with van der Waals surface area (Å²) in [6.45, 7) is 0.545. The molecule has 0 radical (unpaired) electrons. The lowest BCUT2D eigenvalue weighted by atomic mass is 10.2. The minimum Gasteiger partial charge on any atom is -0.497 e. The van der Waals surface area contributed by atoms with Crippen molar-refractivity contribution >= 4 is 29.1 Å². The zero-order valence-electron chi connectivity index (χ0n) is 16.5. The number of methoxy groups -OCH3 is 1. The minimum absolute atomic E-state index is 0.545. The predicted molar refractivity (Wildman–Crippen MR) is 123 cm³/mol. The van der Waals surface area contributed by atoms with E-state index in [2.05, 4.69) is 38.3 Å². The average molecular weight is 437 g/mol. The molecule has 0 spiro atoms. The third-order valence-electron chi connectivity index (χ3n) is 4.51. The van der Waals surface area contributed by atoms with Crippen LogP contribution in [-0.2, 0) is 12.3 Å². The summed E-state index contributed by atoms with van der Waals surface area (Å²) in [7, 11) is 1.68. The first-order valence-electron chi connectivity index (χ1n) is 9.48. The molecular weight excluding hydrogens is 416 g/mol. The van der Waals surface area contributed by atoms with Crippen LogP contribution in [0.15, 0.2) is 84.0 Å². The van der Waals surface area contributed by atoms with Crippen molar-refractivity contribution in [3.8, 4) is 11.4 Å². The number of anilines is 1. The Hall–Kier alpha value is -2.96.